The molecule has 1 amide bonds. The summed E-state index contributed by atoms with van der Waals surface area (Å²) in [5, 5.41) is 2.69. The van der Waals surface area contributed by atoms with Gasteiger partial charge in [-0.25, -0.2) is 4.79 Å². The highest BCUT2D eigenvalue weighted by Crippen LogP contribution is 2.12. The first kappa shape index (κ1) is 19.2. The predicted octanol–water partition coefficient (Wildman–Crippen LogP) is 2.17. The van der Waals surface area contributed by atoms with Gasteiger partial charge in [-0.15, -0.1) is 0 Å². The summed E-state index contributed by atoms with van der Waals surface area (Å²) in [6.45, 7) is 1.29. The molecule has 0 saturated heterocycles. The summed E-state index contributed by atoms with van der Waals surface area (Å²) >= 11 is 0. The number of ether oxygens (including phenoxy) is 2. The summed E-state index contributed by atoms with van der Waals surface area (Å²) < 4.78 is 10.1. The van der Waals surface area contributed by atoms with Gasteiger partial charge in [0, 0.05) is 12.1 Å². The van der Waals surface area contributed by atoms with E-state index in [1.165, 1.54) is 6.92 Å². The van der Waals surface area contributed by atoms with Gasteiger partial charge in [-0.1, -0.05) is 30.3 Å². The van der Waals surface area contributed by atoms with Crippen LogP contribution in [0.15, 0.2) is 54.6 Å². The van der Waals surface area contributed by atoms with Crippen molar-refractivity contribution >= 4 is 17.7 Å². The van der Waals surface area contributed by atoms with Gasteiger partial charge in [0.25, 0.3) is 5.91 Å². The average molecular weight is 355 g/mol. The van der Waals surface area contributed by atoms with E-state index in [-0.39, 0.29) is 24.9 Å². The Morgan fingerprint density at radius 3 is 2.27 bits per heavy atom. The Morgan fingerprint density at radius 1 is 0.923 bits per heavy atom. The Bertz CT molecular complexity index is 741. The minimum absolute atomic E-state index is 0.0470. The molecule has 136 valence electrons. The van der Waals surface area contributed by atoms with Crippen molar-refractivity contribution < 1.29 is 23.9 Å². The zero-order chi connectivity index (χ0) is 18.8. The Hall–Kier alpha value is -3.15. The highest BCUT2D eigenvalue weighted by Gasteiger charge is 2.08. The number of ketones is 1. The fourth-order valence-corrected chi connectivity index (χ4v) is 2.16. The first-order valence-corrected chi connectivity index (χ1v) is 8.24. The summed E-state index contributed by atoms with van der Waals surface area (Å²) in [7, 11) is 0. The highest BCUT2D eigenvalue weighted by molar-refractivity contribution is 5.94. The maximum Gasteiger partial charge on any atom is 0.344 e. The molecule has 2 aromatic rings. The molecule has 0 atom stereocenters. The fourth-order valence-electron chi connectivity index (χ4n) is 2.16. The van der Waals surface area contributed by atoms with Crippen LogP contribution in [0.25, 0.3) is 0 Å². The van der Waals surface area contributed by atoms with Crippen LogP contribution >= 0.6 is 0 Å². The normalized spacial score (nSPS) is 10.0. The molecule has 2 aromatic carbocycles. The van der Waals surface area contributed by atoms with Crippen LogP contribution < -0.4 is 10.1 Å². The molecule has 0 aliphatic rings. The smallest absolute Gasteiger partial charge is 0.344 e. The van der Waals surface area contributed by atoms with E-state index in [2.05, 4.69) is 5.32 Å². The molecular weight excluding hydrogens is 334 g/mol. The van der Waals surface area contributed by atoms with Gasteiger partial charge in [0.15, 0.2) is 19.0 Å². The lowest BCUT2D eigenvalue weighted by Gasteiger charge is -2.08. The number of carbonyl (C=O) groups is 3. The van der Waals surface area contributed by atoms with Crippen molar-refractivity contribution in [3.8, 4) is 5.75 Å². The van der Waals surface area contributed by atoms with E-state index in [1.54, 1.807) is 24.3 Å². The number of amides is 1. The average Bonchev–Trinajstić information content (AvgIpc) is 2.66. The third-order valence-electron chi connectivity index (χ3n) is 3.56. The van der Waals surface area contributed by atoms with Gasteiger partial charge in [0.1, 0.15) is 5.75 Å². The van der Waals surface area contributed by atoms with Crippen LogP contribution in [0.4, 0.5) is 0 Å². The van der Waals surface area contributed by atoms with Crippen molar-refractivity contribution in [3.63, 3.8) is 0 Å². The van der Waals surface area contributed by atoms with E-state index < -0.39 is 5.97 Å². The quantitative estimate of drug-likeness (QED) is 0.551. The van der Waals surface area contributed by atoms with Gasteiger partial charge in [-0.05, 0) is 43.2 Å². The van der Waals surface area contributed by atoms with E-state index in [9.17, 15) is 14.4 Å². The Labute approximate surface area is 152 Å². The zero-order valence-electron chi connectivity index (χ0n) is 14.6. The van der Waals surface area contributed by atoms with Crippen LogP contribution in [-0.4, -0.2) is 37.4 Å². The number of benzene rings is 2. The Morgan fingerprint density at radius 2 is 1.62 bits per heavy atom. The molecular formula is C20H21NO5. The second-order valence-corrected chi connectivity index (χ2v) is 5.62. The zero-order valence-corrected chi connectivity index (χ0v) is 14.6. The molecule has 0 aromatic heterocycles. The molecule has 2 rings (SSSR count). The number of hydrogen-bond acceptors (Lipinski definition) is 5. The number of carbonyl (C=O) groups excluding carboxylic acids is 3. The van der Waals surface area contributed by atoms with Crippen LogP contribution in [0.5, 0.6) is 5.75 Å². The molecule has 0 radical (unpaired) electrons. The standard InChI is InChI=1S/C20H21NO5/c1-15(22)17-7-9-18(10-8-17)25-14-20(24)26-13-19(23)21-12-11-16-5-3-2-4-6-16/h2-10H,11-14H2,1H3,(H,21,23). The summed E-state index contributed by atoms with van der Waals surface area (Å²) in [5.74, 6) is -0.604. The maximum absolute atomic E-state index is 11.7. The molecule has 6 heteroatoms. The lowest BCUT2D eigenvalue weighted by molar-refractivity contribution is -0.150. The van der Waals surface area contributed by atoms with Gasteiger partial charge in [-0.3, -0.25) is 9.59 Å². The van der Waals surface area contributed by atoms with Gasteiger partial charge in [0.05, 0.1) is 0 Å². The van der Waals surface area contributed by atoms with Crippen molar-refractivity contribution in [2.75, 3.05) is 19.8 Å². The number of esters is 1. The summed E-state index contributed by atoms with van der Waals surface area (Å²) in [5.41, 5.74) is 1.68. The molecule has 0 spiro atoms. The molecule has 0 heterocycles. The third-order valence-corrected chi connectivity index (χ3v) is 3.56. The van der Waals surface area contributed by atoms with Gasteiger partial charge >= 0.3 is 5.97 Å². The van der Waals surface area contributed by atoms with Crippen LogP contribution in [0.3, 0.4) is 0 Å². The molecule has 0 fully saturated rings. The van der Waals surface area contributed by atoms with Crippen LogP contribution in [0.2, 0.25) is 0 Å². The Kier molecular flexibility index (Phi) is 7.36. The summed E-state index contributed by atoms with van der Waals surface area (Å²) in [6.07, 6.45) is 0.708. The second-order valence-electron chi connectivity index (χ2n) is 5.62. The van der Waals surface area contributed by atoms with Crippen molar-refractivity contribution in [2.45, 2.75) is 13.3 Å². The van der Waals surface area contributed by atoms with Crippen LogP contribution in [0.1, 0.15) is 22.8 Å². The number of rotatable bonds is 9. The van der Waals surface area contributed by atoms with Crippen molar-refractivity contribution in [2.24, 2.45) is 0 Å². The highest BCUT2D eigenvalue weighted by atomic mass is 16.6. The van der Waals surface area contributed by atoms with E-state index >= 15 is 0 Å². The predicted molar refractivity (Wildman–Crippen MR) is 96.1 cm³/mol. The third kappa shape index (κ3) is 6.76. The fraction of sp³-hybridized carbons (Fsp3) is 0.250. The largest absolute Gasteiger partial charge is 0.482 e. The number of nitrogens with one attached hydrogen (secondary N) is 1. The van der Waals surface area contributed by atoms with E-state index in [0.717, 1.165) is 5.56 Å². The molecule has 0 aliphatic heterocycles. The van der Waals surface area contributed by atoms with Gasteiger partial charge < -0.3 is 14.8 Å². The van der Waals surface area contributed by atoms with Crippen LogP contribution in [0, 0.1) is 0 Å². The molecule has 6 nitrogen and oxygen atoms in total. The summed E-state index contributed by atoms with van der Waals surface area (Å²) in [6, 6.07) is 16.2. The van der Waals surface area contributed by atoms with Gasteiger partial charge in [-0.2, -0.15) is 0 Å². The Balaban J connectivity index is 1.61. The molecule has 26 heavy (non-hydrogen) atoms. The molecule has 0 saturated carbocycles. The minimum atomic E-state index is -0.640. The monoisotopic (exact) mass is 355 g/mol. The number of Topliss-reactive ketones (excluding diaryl/α,β-unsaturated/α-hetero) is 1. The lowest BCUT2D eigenvalue weighted by atomic mass is 10.1. The van der Waals surface area contributed by atoms with E-state index in [0.29, 0.717) is 24.3 Å². The minimum Gasteiger partial charge on any atom is -0.482 e. The van der Waals surface area contributed by atoms with E-state index in [4.69, 9.17) is 9.47 Å². The number of hydrogen-bond donors (Lipinski definition) is 1. The van der Waals surface area contributed by atoms with Crippen molar-refractivity contribution in [1.82, 2.24) is 5.32 Å². The van der Waals surface area contributed by atoms with Crippen molar-refractivity contribution in [3.05, 3.63) is 65.7 Å². The molecule has 1 N–H and O–H groups in total. The van der Waals surface area contributed by atoms with Crippen LogP contribution in [-0.2, 0) is 20.7 Å². The SMILES string of the molecule is CC(=O)c1ccc(OCC(=O)OCC(=O)NCCc2ccccc2)cc1. The summed E-state index contributed by atoms with van der Waals surface area (Å²) in [4.78, 5) is 34.4. The molecule has 0 unspecified atom stereocenters. The molecule has 0 bridgehead atoms. The first-order valence-electron chi connectivity index (χ1n) is 8.24. The maximum atomic E-state index is 11.7. The molecule has 0 aliphatic carbocycles. The van der Waals surface area contributed by atoms with E-state index in [1.807, 2.05) is 30.3 Å². The second kappa shape index (κ2) is 9.98. The van der Waals surface area contributed by atoms with Crippen molar-refractivity contribution in [1.29, 1.82) is 0 Å². The lowest BCUT2D eigenvalue weighted by Crippen LogP contribution is -2.31. The van der Waals surface area contributed by atoms with Gasteiger partial charge in [0.2, 0.25) is 0 Å². The first-order chi connectivity index (χ1) is 12.5. The topological polar surface area (TPSA) is 81.7 Å².